The highest BCUT2D eigenvalue weighted by atomic mass is 16.5. The number of ether oxygens (including phenoxy) is 1. The fourth-order valence-corrected chi connectivity index (χ4v) is 1.70. The van der Waals surface area contributed by atoms with E-state index in [2.05, 4.69) is 0 Å². The Balaban J connectivity index is 2.01. The minimum atomic E-state index is -0.682. The second-order valence-corrected chi connectivity index (χ2v) is 4.45. The van der Waals surface area contributed by atoms with Crippen LogP contribution in [0.4, 0.5) is 0 Å². The number of hydrogen-bond donors (Lipinski definition) is 3. The lowest BCUT2D eigenvalue weighted by molar-refractivity contribution is -0.119. The van der Waals surface area contributed by atoms with Crippen LogP contribution in [0.3, 0.4) is 0 Å². The molecule has 5 heteroatoms. The van der Waals surface area contributed by atoms with E-state index in [-0.39, 0.29) is 5.75 Å². The first-order valence-electron chi connectivity index (χ1n) is 6.15. The summed E-state index contributed by atoms with van der Waals surface area (Å²) >= 11 is 0. The number of primary amides is 1. The third-order valence-corrected chi connectivity index (χ3v) is 2.82. The fraction of sp³-hybridized carbons (Fsp3) is 0.133. The van der Waals surface area contributed by atoms with E-state index >= 15 is 0 Å². The Labute approximate surface area is 116 Å². The summed E-state index contributed by atoms with van der Waals surface area (Å²) in [4.78, 5) is 10.9. The van der Waals surface area contributed by atoms with Crippen LogP contribution in [0.15, 0.2) is 48.5 Å². The number of amides is 1. The Hall–Kier alpha value is -2.53. The summed E-state index contributed by atoms with van der Waals surface area (Å²) < 4.78 is 5.61. The van der Waals surface area contributed by atoms with Crippen molar-refractivity contribution in [2.24, 2.45) is 11.5 Å². The summed E-state index contributed by atoms with van der Waals surface area (Å²) in [6.45, 7) is 0. The normalized spacial score (nSPS) is 11.8. The second kappa shape index (κ2) is 6.08. The van der Waals surface area contributed by atoms with Gasteiger partial charge in [0.05, 0.1) is 6.04 Å². The molecule has 20 heavy (non-hydrogen) atoms. The van der Waals surface area contributed by atoms with Gasteiger partial charge in [-0.25, -0.2) is 0 Å². The van der Waals surface area contributed by atoms with E-state index in [4.69, 9.17) is 16.2 Å². The molecule has 2 aromatic rings. The number of phenols is 1. The number of rotatable bonds is 5. The van der Waals surface area contributed by atoms with Crippen molar-refractivity contribution in [3.63, 3.8) is 0 Å². The third kappa shape index (κ3) is 3.73. The zero-order chi connectivity index (χ0) is 14.5. The van der Waals surface area contributed by atoms with Crippen molar-refractivity contribution in [2.45, 2.75) is 12.5 Å². The van der Waals surface area contributed by atoms with Gasteiger partial charge < -0.3 is 21.3 Å². The number of carbonyl (C=O) groups excluding carboxylic acids is 1. The molecule has 0 bridgehead atoms. The van der Waals surface area contributed by atoms with Crippen molar-refractivity contribution in [1.82, 2.24) is 0 Å². The van der Waals surface area contributed by atoms with E-state index in [0.717, 1.165) is 5.56 Å². The molecule has 104 valence electrons. The molecule has 2 rings (SSSR count). The van der Waals surface area contributed by atoms with Gasteiger partial charge in [0.2, 0.25) is 5.91 Å². The highest BCUT2D eigenvalue weighted by Gasteiger charge is 2.09. The molecule has 1 amide bonds. The van der Waals surface area contributed by atoms with Crippen LogP contribution < -0.4 is 16.2 Å². The smallest absolute Gasteiger partial charge is 0.234 e. The average molecular weight is 272 g/mol. The van der Waals surface area contributed by atoms with Gasteiger partial charge in [0.1, 0.15) is 17.2 Å². The Bertz CT molecular complexity index is 579. The zero-order valence-electron chi connectivity index (χ0n) is 10.8. The molecular formula is C15H16N2O3. The van der Waals surface area contributed by atoms with Gasteiger partial charge in [-0.3, -0.25) is 4.79 Å². The van der Waals surface area contributed by atoms with Gasteiger partial charge in [0.15, 0.2) is 0 Å². The SMILES string of the molecule is NC(=O)[C@@H](N)Cc1ccc(Oc2ccc(O)cc2)cc1. The first-order valence-corrected chi connectivity index (χ1v) is 6.15. The molecule has 0 aliphatic carbocycles. The molecule has 0 aromatic heterocycles. The van der Waals surface area contributed by atoms with E-state index in [0.29, 0.717) is 17.9 Å². The summed E-state index contributed by atoms with van der Waals surface area (Å²) in [5.74, 6) is 0.957. The van der Waals surface area contributed by atoms with E-state index < -0.39 is 11.9 Å². The van der Waals surface area contributed by atoms with Gasteiger partial charge in [-0.05, 0) is 48.4 Å². The molecule has 0 fully saturated rings. The topological polar surface area (TPSA) is 98.6 Å². The van der Waals surface area contributed by atoms with Gasteiger partial charge in [-0.15, -0.1) is 0 Å². The lowest BCUT2D eigenvalue weighted by Crippen LogP contribution is -2.38. The maximum absolute atomic E-state index is 10.9. The lowest BCUT2D eigenvalue weighted by atomic mass is 10.1. The van der Waals surface area contributed by atoms with E-state index in [1.54, 1.807) is 36.4 Å². The second-order valence-electron chi connectivity index (χ2n) is 4.45. The largest absolute Gasteiger partial charge is 0.508 e. The Morgan fingerprint density at radius 1 is 1.05 bits per heavy atom. The Morgan fingerprint density at radius 2 is 1.55 bits per heavy atom. The molecule has 0 unspecified atom stereocenters. The maximum Gasteiger partial charge on any atom is 0.234 e. The van der Waals surface area contributed by atoms with Crippen LogP contribution in [-0.2, 0) is 11.2 Å². The van der Waals surface area contributed by atoms with Gasteiger partial charge in [0, 0.05) is 0 Å². The van der Waals surface area contributed by atoms with E-state index in [9.17, 15) is 9.90 Å². The highest BCUT2D eigenvalue weighted by molar-refractivity contribution is 5.79. The summed E-state index contributed by atoms with van der Waals surface area (Å²) in [5, 5.41) is 9.18. The first kappa shape index (κ1) is 13.9. The van der Waals surface area contributed by atoms with Crippen molar-refractivity contribution in [3.8, 4) is 17.2 Å². The summed E-state index contributed by atoms with van der Waals surface area (Å²) in [7, 11) is 0. The minimum Gasteiger partial charge on any atom is -0.508 e. The molecule has 0 aliphatic heterocycles. The van der Waals surface area contributed by atoms with E-state index in [1.165, 1.54) is 0 Å². The van der Waals surface area contributed by atoms with Crippen LogP contribution in [0, 0.1) is 0 Å². The number of carbonyl (C=O) groups is 1. The van der Waals surface area contributed by atoms with Crippen LogP contribution in [0.5, 0.6) is 17.2 Å². The molecule has 0 saturated heterocycles. The number of aromatic hydroxyl groups is 1. The van der Waals surface area contributed by atoms with Crippen molar-refractivity contribution >= 4 is 5.91 Å². The van der Waals surface area contributed by atoms with Crippen LogP contribution >= 0.6 is 0 Å². The predicted molar refractivity (Wildman–Crippen MR) is 75.5 cm³/mol. The Morgan fingerprint density at radius 3 is 2.05 bits per heavy atom. The van der Waals surface area contributed by atoms with Crippen LogP contribution in [0.25, 0.3) is 0 Å². The summed E-state index contributed by atoms with van der Waals surface area (Å²) in [6, 6.07) is 13.0. The number of phenolic OH excluding ortho intramolecular Hbond substituents is 1. The monoisotopic (exact) mass is 272 g/mol. The van der Waals surface area contributed by atoms with Crippen molar-refractivity contribution in [1.29, 1.82) is 0 Å². The summed E-state index contributed by atoms with van der Waals surface area (Å²) in [6.07, 6.45) is 0.398. The van der Waals surface area contributed by atoms with Gasteiger partial charge in [-0.1, -0.05) is 12.1 Å². The molecule has 0 saturated carbocycles. The molecule has 5 nitrogen and oxygen atoms in total. The fourth-order valence-electron chi connectivity index (χ4n) is 1.70. The van der Waals surface area contributed by atoms with Gasteiger partial charge in [0.25, 0.3) is 0 Å². The number of hydrogen-bond acceptors (Lipinski definition) is 4. The van der Waals surface area contributed by atoms with Gasteiger partial charge >= 0.3 is 0 Å². The van der Waals surface area contributed by atoms with Crippen molar-refractivity contribution in [2.75, 3.05) is 0 Å². The highest BCUT2D eigenvalue weighted by Crippen LogP contribution is 2.23. The van der Waals surface area contributed by atoms with E-state index in [1.807, 2.05) is 12.1 Å². The number of nitrogens with two attached hydrogens (primary N) is 2. The van der Waals surface area contributed by atoms with Crippen LogP contribution in [-0.4, -0.2) is 17.1 Å². The molecule has 2 aromatic carbocycles. The van der Waals surface area contributed by atoms with Gasteiger partial charge in [-0.2, -0.15) is 0 Å². The van der Waals surface area contributed by atoms with Crippen molar-refractivity contribution in [3.05, 3.63) is 54.1 Å². The molecular weight excluding hydrogens is 256 g/mol. The maximum atomic E-state index is 10.9. The van der Waals surface area contributed by atoms with Crippen LogP contribution in [0.1, 0.15) is 5.56 Å². The standard InChI is InChI=1S/C15H16N2O3/c16-14(15(17)19)9-10-1-5-12(6-2-10)20-13-7-3-11(18)4-8-13/h1-8,14,18H,9,16H2,(H2,17,19)/t14-/m0/s1. The molecule has 0 radical (unpaired) electrons. The Kier molecular flexibility index (Phi) is 4.22. The number of benzene rings is 2. The zero-order valence-corrected chi connectivity index (χ0v) is 10.8. The van der Waals surface area contributed by atoms with Crippen LogP contribution in [0.2, 0.25) is 0 Å². The molecule has 0 aliphatic rings. The quantitative estimate of drug-likeness (QED) is 0.768. The molecule has 5 N–H and O–H groups in total. The lowest BCUT2D eigenvalue weighted by Gasteiger charge is -2.09. The molecule has 1 atom stereocenters. The average Bonchev–Trinajstić information content (AvgIpc) is 2.43. The van der Waals surface area contributed by atoms with Crippen molar-refractivity contribution < 1.29 is 14.6 Å². The third-order valence-electron chi connectivity index (χ3n) is 2.82. The molecule has 0 heterocycles. The molecule has 0 spiro atoms. The summed E-state index contributed by atoms with van der Waals surface area (Å²) in [5.41, 5.74) is 11.6. The minimum absolute atomic E-state index is 0.188. The predicted octanol–water partition coefficient (Wildman–Crippen LogP) is 1.54. The first-order chi connectivity index (χ1) is 9.54.